The molecule has 1 N–H and O–H groups in total. The van der Waals surface area contributed by atoms with Crippen molar-refractivity contribution in [3.63, 3.8) is 0 Å². The molecular formula is C18H30N2. The Morgan fingerprint density at radius 1 is 1.15 bits per heavy atom. The van der Waals surface area contributed by atoms with Gasteiger partial charge in [-0.05, 0) is 50.4 Å². The molecule has 1 aliphatic rings. The SMILES string of the molecule is CNC(C)C1CCCCN1Cc1ccc(C(C)C)cc1. The number of rotatable bonds is 5. The van der Waals surface area contributed by atoms with Crippen molar-refractivity contribution in [1.82, 2.24) is 10.2 Å². The zero-order valence-electron chi connectivity index (χ0n) is 13.5. The molecule has 2 heteroatoms. The molecule has 112 valence electrons. The van der Waals surface area contributed by atoms with E-state index >= 15 is 0 Å². The van der Waals surface area contributed by atoms with Crippen molar-refractivity contribution in [2.24, 2.45) is 0 Å². The molecule has 20 heavy (non-hydrogen) atoms. The van der Waals surface area contributed by atoms with E-state index in [1.165, 1.54) is 36.9 Å². The lowest BCUT2D eigenvalue weighted by molar-refractivity contribution is 0.114. The average molecular weight is 274 g/mol. The number of benzene rings is 1. The quantitative estimate of drug-likeness (QED) is 0.879. The Labute approximate surface area is 124 Å². The van der Waals surface area contributed by atoms with E-state index in [2.05, 4.69) is 62.3 Å². The van der Waals surface area contributed by atoms with E-state index in [0.717, 1.165) is 6.54 Å². The van der Waals surface area contributed by atoms with Crippen LogP contribution in [0.2, 0.25) is 0 Å². The summed E-state index contributed by atoms with van der Waals surface area (Å²) in [7, 11) is 2.08. The number of nitrogens with one attached hydrogen (secondary N) is 1. The fourth-order valence-corrected chi connectivity index (χ4v) is 3.21. The molecule has 0 spiro atoms. The zero-order valence-corrected chi connectivity index (χ0v) is 13.5. The highest BCUT2D eigenvalue weighted by molar-refractivity contribution is 5.24. The first-order valence-corrected chi connectivity index (χ1v) is 8.12. The number of hydrogen-bond donors (Lipinski definition) is 1. The molecule has 1 saturated heterocycles. The third kappa shape index (κ3) is 3.83. The molecular weight excluding hydrogens is 244 g/mol. The lowest BCUT2D eigenvalue weighted by Gasteiger charge is -2.39. The zero-order chi connectivity index (χ0) is 14.5. The van der Waals surface area contributed by atoms with Crippen LogP contribution in [0, 0.1) is 0 Å². The highest BCUT2D eigenvalue weighted by atomic mass is 15.2. The summed E-state index contributed by atoms with van der Waals surface area (Å²) in [6, 6.07) is 10.5. The third-order valence-electron chi connectivity index (χ3n) is 4.73. The topological polar surface area (TPSA) is 15.3 Å². The van der Waals surface area contributed by atoms with Gasteiger partial charge >= 0.3 is 0 Å². The van der Waals surface area contributed by atoms with Gasteiger partial charge in [-0.3, -0.25) is 4.90 Å². The average Bonchev–Trinajstić information content (AvgIpc) is 2.47. The Kier molecular flexibility index (Phi) is 5.62. The lowest BCUT2D eigenvalue weighted by atomic mass is 9.95. The van der Waals surface area contributed by atoms with E-state index in [9.17, 15) is 0 Å². The van der Waals surface area contributed by atoms with Crippen LogP contribution in [0.25, 0.3) is 0 Å². The highest BCUT2D eigenvalue weighted by Crippen LogP contribution is 2.23. The van der Waals surface area contributed by atoms with Crippen molar-refractivity contribution in [3.8, 4) is 0 Å². The van der Waals surface area contributed by atoms with Crippen LogP contribution >= 0.6 is 0 Å². The van der Waals surface area contributed by atoms with Gasteiger partial charge in [-0.2, -0.15) is 0 Å². The van der Waals surface area contributed by atoms with Crippen molar-refractivity contribution in [1.29, 1.82) is 0 Å². The van der Waals surface area contributed by atoms with Gasteiger partial charge in [0.25, 0.3) is 0 Å². The molecule has 2 nitrogen and oxygen atoms in total. The summed E-state index contributed by atoms with van der Waals surface area (Å²) in [5.74, 6) is 0.621. The smallest absolute Gasteiger partial charge is 0.0250 e. The molecule has 0 amide bonds. The van der Waals surface area contributed by atoms with Gasteiger partial charge in [0.15, 0.2) is 0 Å². The summed E-state index contributed by atoms with van der Waals surface area (Å²) in [5, 5.41) is 3.43. The molecule has 0 radical (unpaired) electrons. The Bertz CT molecular complexity index is 396. The van der Waals surface area contributed by atoms with Crippen LogP contribution in [0.3, 0.4) is 0 Å². The lowest BCUT2D eigenvalue weighted by Crippen LogP contribution is -2.49. The predicted molar refractivity (Wildman–Crippen MR) is 87.1 cm³/mol. The van der Waals surface area contributed by atoms with Gasteiger partial charge in [-0.15, -0.1) is 0 Å². The number of nitrogens with zero attached hydrogens (tertiary/aromatic N) is 1. The van der Waals surface area contributed by atoms with Crippen molar-refractivity contribution < 1.29 is 0 Å². The summed E-state index contributed by atoms with van der Waals surface area (Å²) >= 11 is 0. The molecule has 0 bridgehead atoms. The summed E-state index contributed by atoms with van der Waals surface area (Å²) in [5.41, 5.74) is 2.89. The number of likely N-dealkylation sites (tertiary alicyclic amines) is 1. The van der Waals surface area contributed by atoms with Crippen LogP contribution in [-0.2, 0) is 6.54 Å². The molecule has 0 aromatic heterocycles. The molecule has 1 heterocycles. The second-order valence-corrected chi connectivity index (χ2v) is 6.51. The van der Waals surface area contributed by atoms with Crippen LogP contribution in [0.5, 0.6) is 0 Å². The predicted octanol–water partition coefficient (Wildman–Crippen LogP) is 3.77. The van der Waals surface area contributed by atoms with Gasteiger partial charge in [-0.25, -0.2) is 0 Å². The largest absolute Gasteiger partial charge is 0.316 e. The number of piperidine rings is 1. The normalized spacial score (nSPS) is 22.1. The maximum atomic E-state index is 3.43. The van der Waals surface area contributed by atoms with Gasteiger partial charge in [-0.1, -0.05) is 44.5 Å². The summed E-state index contributed by atoms with van der Waals surface area (Å²) < 4.78 is 0. The van der Waals surface area contributed by atoms with Crippen molar-refractivity contribution in [3.05, 3.63) is 35.4 Å². The molecule has 0 aliphatic carbocycles. The second kappa shape index (κ2) is 7.24. The van der Waals surface area contributed by atoms with Crippen molar-refractivity contribution >= 4 is 0 Å². The van der Waals surface area contributed by atoms with Crippen LogP contribution in [0.1, 0.15) is 57.1 Å². The minimum Gasteiger partial charge on any atom is -0.316 e. The Morgan fingerprint density at radius 2 is 1.85 bits per heavy atom. The molecule has 2 atom stereocenters. The van der Waals surface area contributed by atoms with E-state index < -0.39 is 0 Å². The first kappa shape index (κ1) is 15.5. The van der Waals surface area contributed by atoms with E-state index in [0.29, 0.717) is 18.0 Å². The van der Waals surface area contributed by atoms with Gasteiger partial charge in [0, 0.05) is 18.6 Å². The van der Waals surface area contributed by atoms with Gasteiger partial charge in [0.2, 0.25) is 0 Å². The third-order valence-corrected chi connectivity index (χ3v) is 4.73. The van der Waals surface area contributed by atoms with E-state index in [1.807, 2.05) is 0 Å². The standard InChI is InChI=1S/C18H30N2/c1-14(2)17-10-8-16(9-11-17)13-20-12-6-5-7-18(20)15(3)19-4/h8-11,14-15,18-19H,5-7,12-13H2,1-4H3. The van der Waals surface area contributed by atoms with Crippen LogP contribution in [0.4, 0.5) is 0 Å². The van der Waals surface area contributed by atoms with Crippen LogP contribution < -0.4 is 5.32 Å². The molecule has 2 unspecified atom stereocenters. The van der Waals surface area contributed by atoms with Crippen LogP contribution in [-0.4, -0.2) is 30.6 Å². The van der Waals surface area contributed by atoms with E-state index in [-0.39, 0.29) is 0 Å². The van der Waals surface area contributed by atoms with Crippen molar-refractivity contribution in [2.75, 3.05) is 13.6 Å². The monoisotopic (exact) mass is 274 g/mol. The summed E-state index contributed by atoms with van der Waals surface area (Å²) in [6.45, 7) is 9.15. The number of hydrogen-bond acceptors (Lipinski definition) is 2. The molecule has 1 aromatic rings. The number of likely N-dealkylation sites (N-methyl/N-ethyl adjacent to an activating group) is 1. The van der Waals surface area contributed by atoms with Gasteiger partial charge in [0.1, 0.15) is 0 Å². The summed E-state index contributed by atoms with van der Waals surface area (Å²) in [6.07, 6.45) is 4.04. The van der Waals surface area contributed by atoms with Crippen LogP contribution in [0.15, 0.2) is 24.3 Å². The maximum Gasteiger partial charge on any atom is 0.0250 e. The molecule has 1 fully saturated rings. The molecule has 1 aliphatic heterocycles. The minimum absolute atomic E-state index is 0.574. The Morgan fingerprint density at radius 3 is 2.45 bits per heavy atom. The fourth-order valence-electron chi connectivity index (χ4n) is 3.21. The highest BCUT2D eigenvalue weighted by Gasteiger charge is 2.26. The Balaban J connectivity index is 2.02. The molecule has 0 saturated carbocycles. The fraction of sp³-hybridized carbons (Fsp3) is 0.667. The van der Waals surface area contributed by atoms with E-state index in [1.54, 1.807) is 0 Å². The molecule has 2 rings (SSSR count). The second-order valence-electron chi connectivity index (χ2n) is 6.51. The van der Waals surface area contributed by atoms with Gasteiger partial charge in [0.05, 0.1) is 0 Å². The molecule has 1 aromatic carbocycles. The summed E-state index contributed by atoms with van der Waals surface area (Å²) in [4.78, 5) is 2.66. The Hall–Kier alpha value is -0.860. The minimum atomic E-state index is 0.574. The van der Waals surface area contributed by atoms with Gasteiger partial charge < -0.3 is 5.32 Å². The first-order chi connectivity index (χ1) is 9.61. The van der Waals surface area contributed by atoms with Crippen molar-refractivity contribution in [2.45, 2.75) is 64.6 Å². The first-order valence-electron chi connectivity index (χ1n) is 8.12. The van der Waals surface area contributed by atoms with E-state index in [4.69, 9.17) is 0 Å². The maximum absolute atomic E-state index is 3.43.